The second-order valence-electron chi connectivity index (χ2n) is 6.85. The maximum atomic E-state index is 12.6. The van der Waals surface area contributed by atoms with Crippen LogP contribution in [0.15, 0.2) is 77.7 Å². The molecule has 3 rings (SSSR count). The van der Waals surface area contributed by atoms with Crippen LogP contribution in [0.2, 0.25) is 5.02 Å². The molecule has 3 aromatic carbocycles. The lowest BCUT2D eigenvalue weighted by molar-refractivity contribution is 0.0956. The zero-order chi connectivity index (χ0) is 22.3. The number of rotatable bonds is 9. The molecule has 0 aliphatic carbocycles. The van der Waals surface area contributed by atoms with E-state index in [2.05, 4.69) is 10.0 Å². The summed E-state index contributed by atoms with van der Waals surface area (Å²) in [6.07, 6.45) is 0. The summed E-state index contributed by atoms with van der Waals surface area (Å²) in [6.45, 7) is 2.28. The van der Waals surface area contributed by atoms with Gasteiger partial charge in [-0.3, -0.25) is 9.52 Å². The Bertz CT molecular complexity index is 1150. The molecule has 3 aromatic rings. The third-order valence-electron chi connectivity index (χ3n) is 4.54. The zero-order valence-corrected chi connectivity index (χ0v) is 19.4. The number of carbonyl (C=O) groups excluding carboxylic acids is 1. The van der Waals surface area contributed by atoms with E-state index >= 15 is 0 Å². The summed E-state index contributed by atoms with van der Waals surface area (Å²) in [5.41, 5.74) is 2.57. The highest BCUT2D eigenvalue weighted by Crippen LogP contribution is 2.22. The van der Waals surface area contributed by atoms with Gasteiger partial charge in [0.15, 0.2) is 0 Å². The SMILES string of the molecule is Cc1ccc(C(=O)NCCSCc2ccccc2Cl)cc1NS(=O)(=O)c1ccccc1. The number of sulfonamides is 1. The van der Waals surface area contributed by atoms with Gasteiger partial charge in [0.25, 0.3) is 15.9 Å². The number of hydrogen-bond donors (Lipinski definition) is 2. The number of anilines is 1. The summed E-state index contributed by atoms with van der Waals surface area (Å²) in [4.78, 5) is 12.7. The molecule has 5 nitrogen and oxygen atoms in total. The Kier molecular flexibility index (Phi) is 8.01. The highest BCUT2D eigenvalue weighted by atomic mass is 35.5. The second kappa shape index (κ2) is 10.7. The molecule has 0 spiro atoms. The van der Waals surface area contributed by atoms with E-state index in [1.54, 1.807) is 55.1 Å². The smallest absolute Gasteiger partial charge is 0.261 e. The van der Waals surface area contributed by atoms with Crippen molar-refractivity contribution < 1.29 is 13.2 Å². The van der Waals surface area contributed by atoms with Crippen molar-refractivity contribution in [1.29, 1.82) is 0 Å². The fourth-order valence-corrected chi connectivity index (χ4v) is 5.10. The summed E-state index contributed by atoms with van der Waals surface area (Å²) in [6, 6.07) is 20.8. The van der Waals surface area contributed by atoms with Crippen molar-refractivity contribution in [3.63, 3.8) is 0 Å². The van der Waals surface area contributed by atoms with Crippen LogP contribution < -0.4 is 10.0 Å². The summed E-state index contributed by atoms with van der Waals surface area (Å²) < 4.78 is 27.8. The Labute approximate surface area is 192 Å². The van der Waals surface area contributed by atoms with Gasteiger partial charge in [-0.2, -0.15) is 11.8 Å². The minimum Gasteiger partial charge on any atom is -0.351 e. The number of nitrogens with one attached hydrogen (secondary N) is 2. The van der Waals surface area contributed by atoms with Crippen molar-refractivity contribution in [2.45, 2.75) is 17.6 Å². The second-order valence-corrected chi connectivity index (χ2v) is 10.0. The minimum absolute atomic E-state index is 0.166. The van der Waals surface area contributed by atoms with Crippen LogP contribution >= 0.6 is 23.4 Å². The van der Waals surface area contributed by atoms with Crippen LogP contribution in [0.1, 0.15) is 21.5 Å². The Morgan fingerprint density at radius 2 is 1.71 bits per heavy atom. The Morgan fingerprint density at radius 3 is 2.45 bits per heavy atom. The number of halogens is 1. The van der Waals surface area contributed by atoms with E-state index in [0.717, 1.165) is 27.7 Å². The van der Waals surface area contributed by atoms with Gasteiger partial charge in [0, 0.05) is 28.6 Å². The third-order valence-corrected chi connectivity index (χ3v) is 7.30. The van der Waals surface area contributed by atoms with E-state index in [4.69, 9.17) is 11.6 Å². The molecule has 8 heteroatoms. The summed E-state index contributed by atoms with van der Waals surface area (Å²) in [5.74, 6) is 1.25. The molecule has 0 heterocycles. The predicted octanol–water partition coefficient (Wildman–Crippen LogP) is 5.11. The van der Waals surface area contributed by atoms with Crippen LogP contribution in [0.25, 0.3) is 0 Å². The van der Waals surface area contributed by atoms with Crippen LogP contribution in [0.3, 0.4) is 0 Å². The number of aryl methyl sites for hydroxylation is 1. The lowest BCUT2D eigenvalue weighted by atomic mass is 10.1. The molecule has 0 aliphatic heterocycles. The molecule has 0 radical (unpaired) electrons. The van der Waals surface area contributed by atoms with Crippen molar-refractivity contribution >= 4 is 45.0 Å². The maximum Gasteiger partial charge on any atom is 0.261 e. The number of thioether (sulfide) groups is 1. The van der Waals surface area contributed by atoms with Gasteiger partial charge in [-0.15, -0.1) is 0 Å². The fourth-order valence-electron chi connectivity index (χ4n) is 2.81. The van der Waals surface area contributed by atoms with Crippen LogP contribution in [0.5, 0.6) is 0 Å². The standard InChI is InChI=1S/C23H23ClN2O3S2/c1-17-11-12-18(15-22(17)26-31(28,29)20-8-3-2-4-9-20)23(27)25-13-14-30-16-19-7-5-6-10-21(19)24/h2-12,15,26H,13-14,16H2,1H3,(H,25,27). The van der Waals surface area contributed by atoms with Crippen molar-refractivity contribution in [1.82, 2.24) is 5.32 Å². The Balaban J connectivity index is 1.56. The van der Waals surface area contributed by atoms with E-state index in [-0.39, 0.29) is 10.8 Å². The molecular weight excluding hydrogens is 452 g/mol. The molecule has 0 bridgehead atoms. The van der Waals surface area contributed by atoms with E-state index in [1.807, 2.05) is 24.3 Å². The summed E-state index contributed by atoms with van der Waals surface area (Å²) in [7, 11) is -3.73. The molecule has 0 aromatic heterocycles. The normalized spacial score (nSPS) is 11.2. The van der Waals surface area contributed by atoms with E-state index in [0.29, 0.717) is 17.8 Å². The molecule has 0 saturated heterocycles. The summed E-state index contributed by atoms with van der Waals surface area (Å²) >= 11 is 7.83. The number of carbonyl (C=O) groups is 1. The van der Waals surface area contributed by atoms with Gasteiger partial charge in [0.1, 0.15) is 0 Å². The summed E-state index contributed by atoms with van der Waals surface area (Å²) in [5, 5.41) is 3.61. The van der Waals surface area contributed by atoms with E-state index in [9.17, 15) is 13.2 Å². The third kappa shape index (κ3) is 6.50. The quantitative estimate of drug-likeness (QED) is 0.422. The van der Waals surface area contributed by atoms with Gasteiger partial charge in [0.05, 0.1) is 10.6 Å². The topological polar surface area (TPSA) is 75.3 Å². The van der Waals surface area contributed by atoms with Crippen molar-refractivity contribution in [3.8, 4) is 0 Å². The highest BCUT2D eigenvalue weighted by Gasteiger charge is 2.16. The molecule has 0 fully saturated rings. The molecule has 31 heavy (non-hydrogen) atoms. The number of amides is 1. The first-order valence-corrected chi connectivity index (χ1v) is 12.7. The van der Waals surface area contributed by atoms with Crippen molar-refractivity contribution in [3.05, 3.63) is 94.5 Å². The van der Waals surface area contributed by atoms with E-state index < -0.39 is 10.0 Å². The van der Waals surface area contributed by atoms with Crippen molar-refractivity contribution in [2.75, 3.05) is 17.0 Å². The van der Waals surface area contributed by atoms with Gasteiger partial charge < -0.3 is 5.32 Å². The van der Waals surface area contributed by atoms with Gasteiger partial charge in [0.2, 0.25) is 0 Å². The van der Waals surface area contributed by atoms with Crippen LogP contribution in [0.4, 0.5) is 5.69 Å². The molecular formula is C23H23ClN2O3S2. The maximum absolute atomic E-state index is 12.6. The molecule has 0 aliphatic rings. The van der Waals surface area contributed by atoms with Gasteiger partial charge in [-0.1, -0.05) is 54.1 Å². The lowest BCUT2D eigenvalue weighted by Crippen LogP contribution is -2.26. The molecule has 0 saturated carbocycles. The number of hydrogen-bond acceptors (Lipinski definition) is 4. The van der Waals surface area contributed by atoms with Gasteiger partial charge in [-0.05, 0) is 48.4 Å². The monoisotopic (exact) mass is 474 g/mol. The molecule has 2 N–H and O–H groups in total. The molecule has 0 atom stereocenters. The number of benzene rings is 3. The van der Waals surface area contributed by atoms with Crippen LogP contribution in [0, 0.1) is 6.92 Å². The Hall–Kier alpha value is -2.48. The first-order valence-electron chi connectivity index (χ1n) is 9.65. The zero-order valence-electron chi connectivity index (χ0n) is 17.0. The van der Waals surface area contributed by atoms with Gasteiger partial charge >= 0.3 is 0 Å². The minimum atomic E-state index is -3.73. The average molecular weight is 475 g/mol. The van der Waals surface area contributed by atoms with Crippen molar-refractivity contribution in [2.24, 2.45) is 0 Å². The van der Waals surface area contributed by atoms with Gasteiger partial charge in [-0.25, -0.2) is 8.42 Å². The molecule has 162 valence electrons. The van der Waals surface area contributed by atoms with Crippen LogP contribution in [-0.4, -0.2) is 26.6 Å². The van der Waals surface area contributed by atoms with E-state index in [1.165, 1.54) is 12.1 Å². The highest BCUT2D eigenvalue weighted by molar-refractivity contribution is 7.98. The molecule has 0 unspecified atom stereocenters. The Morgan fingerprint density at radius 1 is 1.00 bits per heavy atom. The predicted molar refractivity (Wildman–Crippen MR) is 128 cm³/mol. The first kappa shape index (κ1) is 23.2. The molecule has 1 amide bonds. The van der Waals surface area contributed by atoms with Crippen LogP contribution in [-0.2, 0) is 15.8 Å². The average Bonchev–Trinajstić information content (AvgIpc) is 2.76. The first-order chi connectivity index (χ1) is 14.9. The lowest BCUT2D eigenvalue weighted by Gasteiger charge is -2.12. The largest absolute Gasteiger partial charge is 0.351 e. The fraction of sp³-hybridized carbons (Fsp3) is 0.174.